The van der Waals surface area contributed by atoms with Crippen LogP contribution in [0.3, 0.4) is 0 Å². The Balaban J connectivity index is 1.46. The standard InChI is InChI=1S/C40H40N4O7/c1-5-19(3)39(48)50-30-16-26-35(47)34-29(46)15-24(18-45)49-37(34)27-12-21-9-10-43-38(41)33(21)25-8-7-20-11-22-14-31(42-6-2)44-17-23(22)13-28(32(20)25)40(30,4)51-36(26)27/h5,8-10,14-15,17,28,30,45,47H,6-7,11-13,16,18H2,1-4H3,(H2,41,43)(H,42,44)/b19-5-/t28-,30+,40-/m0/s1. The fourth-order valence-corrected chi connectivity index (χ4v) is 8.38. The third kappa shape index (κ3) is 5.04. The lowest BCUT2D eigenvalue weighted by Crippen LogP contribution is -2.57. The normalized spacial score (nSPS) is 21.9. The minimum atomic E-state index is -1.19. The molecule has 11 nitrogen and oxygen atoms in total. The molecule has 11 heteroatoms. The van der Waals surface area contributed by atoms with E-state index in [1.165, 1.54) is 11.6 Å². The molecule has 0 saturated heterocycles. The number of anilines is 2. The molecule has 4 aromatic rings. The number of fused-ring (bicyclic) bond motifs is 7. The molecule has 3 aromatic heterocycles. The number of nitrogen functional groups attached to an aromatic ring is 1. The summed E-state index contributed by atoms with van der Waals surface area (Å²) in [6, 6.07) is 5.20. The summed E-state index contributed by atoms with van der Waals surface area (Å²) in [6.07, 6.45) is 8.79. The quantitative estimate of drug-likeness (QED) is 0.155. The summed E-state index contributed by atoms with van der Waals surface area (Å²) in [5.74, 6) is 0.401. The predicted molar refractivity (Wildman–Crippen MR) is 192 cm³/mol. The van der Waals surface area contributed by atoms with E-state index in [1.54, 1.807) is 26.1 Å². The van der Waals surface area contributed by atoms with Crippen molar-refractivity contribution >= 4 is 34.1 Å². The van der Waals surface area contributed by atoms with Crippen LogP contribution in [0.4, 0.5) is 11.6 Å². The van der Waals surface area contributed by atoms with Gasteiger partial charge in [-0.2, -0.15) is 0 Å². The molecule has 5 N–H and O–H groups in total. The van der Waals surface area contributed by atoms with Crippen LogP contribution in [0.1, 0.15) is 73.3 Å². The van der Waals surface area contributed by atoms with Gasteiger partial charge in [-0.1, -0.05) is 17.7 Å². The highest BCUT2D eigenvalue weighted by molar-refractivity contribution is 5.94. The summed E-state index contributed by atoms with van der Waals surface area (Å²) in [5, 5.41) is 25.2. The molecule has 5 heterocycles. The third-order valence-corrected chi connectivity index (χ3v) is 11.1. The van der Waals surface area contributed by atoms with Crippen molar-refractivity contribution in [2.75, 3.05) is 17.6 Å². The van der Waals surface area contributed by atoms with Crippen molar-refractivity contribution in [3.63, 3.8) is 0 Å². The van der Waals surface area contributed by atoms with Crippen LogP contribution in [-0.2, 0) is 41.8 Å². The van der Waals surface area contributed by atoms with Gasteiger partial charge in [0.25, 0.3) is 0 Å². The Morgan fingerprint density at radius 2 is 2.00 bits per heavy atom. The van der Waals surface area contributed by atoms with Crippen molar-refractivity contribution in [1.82, 2.24) is 9.97 Å². The molecule has 8 rings (SSSR count). The van der Waals surface area contributed by atoms with Crippen LogP contribution in [0, 0.1) is 5.92 Å². The number of nitrogens with zero attached hydrogens (tertiary/aromatic N) is 2. The molecule has 2 bridgehead atoms. The molecule has 0 spiro atoms. The fourth-order valence-electron chi connectivity index (χ4n) is 8.38. The largest absolute Gasteiger partial charge is 0.507 e. The number of ether oxygens (including phenoxy) is 2. The Morgan fingerprint density at radius 3 is 2.76 bits per heavy atom. The highest BCUT2D eigenvalue weighted by Gasteiger charge is 2.54. The number of phenols is 1. The van der Waals surface area contributed by atoms with E-state index in [9.17, 15) is 19.8 Å². The van der Waals surface area contributed by atoms with E-state index >= 15 is 0 Å². The summed E-state index contributed by atoms with van der Waals surface area (Å²) in [4.78, 5) is 36.4. The first-order chi connectivity index (χ1) is 24.6. The van der Waals surface area contributed by atoms with Crippen molar-refractivity contribution in [2.45, 2.75) is 78.1 Å². The number of hydrogen-bond acceptors (Lipinski definition) is 11. The molecule has 0 amide bonds. The third-order valence-electron chi connectivity index (χ3n) is 11.1. The maximum atomic E-state index is 13.6. The lowest BCUT2D eigenvalue weighted by atomic mass is 9.69. The zero-order valence-corrected chi connectivity index (χ0v) is 29.1. The summed E-state index contributed by atoms with van der Waals surface area (Å²) < 4.78 is 19.8. The summed E-state index contributed by atoms with van der Waals surface area (Å²) in [6.45, 7) is 7.71. The number of esters is 1. The first kappa shape index (κ1) is 32.8. The SMILES string of the molecule is C/C=C(/C)C(=O)O[C@@H]1Cc2c3c(c4oc(CO)cc(=O)c4c2O)Cc2ccnc(N)c2C2=CCC4=C2[C@H](Cc2cnc(NCC)cc2C4)[C@]1(C)O3. The lowest BCUT2D eigenvalue weighted by molar-refractivity contribution is -0.162. The van der Waals surface area contributed by atoms with Gasteiger partial charge in [-0.3, -0.25) is 4.79 Å². The molecule has 0 saturated carbocycles. The molecule has 3 atom stereocenters. The highest BCUT2D eigenvalue weighted by atomic mass is 16.6. The van der Waals surface area contributed by atoms with E-state index in [1.807, 2.05) is 26.1 Å². The zero-order chi connectivity index (χ0) is 35.8. The zero-order valence-electron chi connectivity index (χ0n) is 29.1. The molecule has 0 fully saturated rings. The summed E-state index contributed by atoms with van der Waals surface area (Å²) in [5.41, 5.74) is 13.6. The van der Waals surface area contributed by atoms with E-state index in [0.717, 1.165) is 45.8 Å². The molecule has 2 aliphatic heterocycles. The molecule has 51 heavy (non-hydrogen) atoms. The van der Waals surface area contributed by atoms with Gasteiger partial charge in [0.1, 0.15) is 52.6 Å². The van der Waals surface area contributed by atoms with Crippen LogP contribution < -0.4 is 21.2 Å². The average molecular weight is 689 g/mol. The van der Waals surface area contributed by atoms with E-state index in [4.69, 9.17) is 24.6 Å². The van der Waals surface area contributed by atoms with Crippen molar-refractivity contribution in [3.8, 4) is 11.5 Å². The van der Waals surface area contributed by atoms with E-state index in [0.29, 0.717) is 47.5 Å². The van der Waals surface area contributed by atoms with Crippen LogP contribution >= 0.6 is 0 Å². The monoisotopic (exact) mass is 688 g/mol. The lowest BCUT2D eigenvalue weighted by Gasteiger charge is -2.48. The van der Waals surface area contributed by atoms with Gasteiger partial charge in [-0.25, -0.2) is 14.8 Å². The first-order valence-electron chi connectivity index (χ1n) is 17.4. The number of hydrogen-bond donors (Lipinski definition) is 4. The molecule has 262 valence electrons. The average Bonchev–Trinajstić information content (AvgIpc) is 3.43. The second-order valence-electron chi connectivity index (χ2n) is 14.0. The fraction of sp³-hybridized carbons (Fsp3) is 0.350. The van der Waals surface area contributed by atoms with Gasteiger partial charge in [0.05, 0.1) is 0 Å². The number of carbonyl (C=O) groups is 1. The van der Waals surface area contributed by atoms with Crippen LogP contribution in [0.5, 0.6) is 11.5 Å². The molecule has 0 unspecified atom stereocenters. The van der Waals surface area contributed by atoms with Crippen LogP contribution in [0.25, 0.3) is 16.5 Å². The van der Waals surface area contributed by atoms with Crippen LogP contribution in [0.15, 0.2) is 68.7 Å². The van der Waals surface area contributed by atoms with Crippen molar-refractivity contribution in [3.05, 3.63) is 109 Å². The number of nitrogens with one attached hydrogen (secondary N) is 1. The number of allylic oxidation sites excluding steroid dienone is 4. The molecule has 4 aliphatic rings. The number of aliphatic hydroxyl groups is 1. The van der Waals surface area contributed by atoms with Crippen molar-refractivity contribution < 1.29 is 28.9 Å². The minimum Gasteiger partial charge on any atom is -0.507 e. The Bertz CT molecular complexity index is 2320. The predicted octanol–water partition coefficient (Wildman–Crippen LogP) is 5.47. The maximum Gasteiger partial charge on any atom is 0.333 e. The van der Waals surface area contributed by atoms with Gasteiger partial charge in [-0.05, 0) is 86.9 Å². The first-order valence-corrected chi connectivity index (χ1v) is 17.4. The maximum absolute atomic E-state index is 13.6. The highest BCUT2D eigenvalue weighted by Crippen LogP contribution is 2.56. The molecule has 1 aromatic carbocycles. The molecule has 2 aliphatic carbocycles. The number of aliphatic hydroxyl groups excluding tert-OH is 1. The van der Waals surface area contributed by atoms with Gasteiger partial charge in [0.2, 0.25) is 0 Å². The van der Waals surface area contributed by atoms with E-state index < -0.39 is 29.7 Å². The topological polar surface area (TPSA) is 170 Å². The number of rotatable bonds is 5. The van der Waals surface area contributed by atoms with Gasteiger partial charge < -0.3 is 35.2 Å². The second-order valence-corrected chi connectivity index (χ2v) is 14.0. The number of aromatic nitrogens is 2. The summed E-state index contributed by atoms with van der Waals surface area (Å²) >= 11 is 0. The Morgan fingerprint density at radius 1 is 1.18 bits per heavy atom. The second kappa shape index (κ2) is 12.1. The Kier molecular flexibility index (Phi) is 7.79. The van der Waals surface area contributed by atoms with E-state index in [2.05, 4.69) is 22.4 Å². The van der Waals surface area contributed by atoms with Gasteiger partial charge in [-0.15, -0.1) is 0 Å². The Hall–Kier alpha value is -5.42. The summed E-state index contributed by atoms with van der Waals surface area (Å²) in [7, 11) is 0. The van der Waals surface area contributed by atoms with Gasteiger partial charge in [0, 0.05) is 66.0 Å². The number of carbonyl (C=O) groups excluding carboxylic acids is 1. The van der Waals surface area contributed by atoms with Crippen molar-refractivity contribution in [2.24, 2.45) is 5.92 Å². The number of pyridine rings is 2. The van der Waals surface area contributed by atoms with Crippen LogP contribution in [0.2, 0.25) is 0 Å². The van der Waals surface area contributed by atoms with E-state index in [-0.39, 0.29) is 41.2 Å². The smallest absolute Gasteiger partial charge is 0.333 e. The number of nitrogens with two attached hydrogens (primary N) is 1. The molecular formula is C40H40N4O7. The van der Waals surface area contributed by atoms with Crippen LogP contribution in [-0.4, -0.2) is 44.4 Å². The number of aromatic hydroxyl groups is 1. The van der Waals surface area contributed by atoms with Gasteiger partial charge in [0.15, 0.2) is 11.0 Å². The van der Waals surface area contributed by atoms with Gasteiger partial charge >= 0.3 is 5.97 Å². The minimum absolute atomic E-state index is 0.0302. The Labute approximate surface area is 294 Å². The van der Waals surface area contributed by atoms with Crippen molar-refractivity contribution in [1.29, 1.82) is 0 Å². The molecular weight excluding hydrogens is 648 g/mol. The number of benzene rings is 1. The number of phenolic OH excluding ortho intramolecular Hbond substituents is 1. The molecule has 0 radical (unpaired) electrons.